The standard InChI is InChI=1S/C5H11NS/c1-5(7)3-6(2)4-5/h7H,3-4H2,1-2H3. The number of rotatable bonds is 0. The Morgan fingerprint density at radius 1 is 1.57 bits per heavy atom. The van der Waals surface area contributed by atoms with E-state index in [1.165, 1.54) is 0 Å². The van der Waals surface area contributed by atoms with Crippen molar-refractivity contribution in [1.82, 2.24) is 4.90 Å². The molecule has 1 aliphatic rings. The van der Waals surface area contributed by atoms with Crippen LogP contribution in [0.5, 0.6) is 0 Å². The molecule has 42 valence electrons. The molecule has 1 saturated heterocycles. The molecule has 1 heterocycles. The highest BCUT2D eigenvalue weighted by atomic mass is 32.1. The predicted molar refractivity (Wildman–Crippen MR) is 34.9 cm³/mol. The zero-order chi connectivity index (χ0) is 5.49. The Labute approximate surface area is 50.1 Å². The number of nitrogens with zero attached hydrogens (tertiary/aromatic N) is 1. The Kier molecular flexibility index (Phi) is 1.08. The lowest BCUT2D eigenvalue weighted by molar-refractivity contribution is 0.178. The lowest BCUT2D eigenvalue weighted by atomic mass is 10.0. The summed E-state index contributed by atoms with van der Waals surface area (Å²) in [7, 11) is 2.11. The van der Waals surface area contributed by atoms with E-state index >= 15 is 0 Å². The zero-order valence-electron chi connectivity index (χ0n) is 4.81. The van der Waals surface area contributed by atoms with Gasteiger partial charge in [0.05, 0.1) is 0 Å². The van der Waals surface area contributed by atoms with Crippen molar-refractivity contribution in [1.29, 1.82) is 0 Å². The Morgan fingerprint density at radius 2 is 2.00 bits per heavy atom. The van der Waals surface area contributed by atoms with Crippen LogP contribution >= 0.6 is 12.6 Å². The number of thiol groups is 1. The highest BCUT2D eigenvalue weighted by Crippen LogP contribution is 2.24. The first kappa shape index (κ1) is 5.45. The molecule has 0 bridgehead atoms. The molecule has 0 aromatic carbocycles. The van der Waals surface area contributed by atoms with Crippen LogP contribution in [-0.2, 0) is 0 Å². The summed E-state index contributed by atoms with van der Waals surface area (Å²) < 4.78 is 0.314. The lowest BCUT2D eigenvalue weighted by Crippen LogP contribution is -2.54. The maximum Gasteiger partial charge on any atom is 0.0355 e. The van der Waals surface area contributed by atoms with Crippen LogP contribution in [0.3, 0.4) is 0 Å². The largest absolute Gasteiger partial charge is 0.304 e. The lowest BCUT2D eigenvalue weighted by Gasteiger charge is -2.42. The van der Waals surface area contributed by atoms with Crippen LogP contribution in [0.1, 0.15) is 6.92 Å². The summed E-state index contributed by atoms with van der Waals surface area (Å²) in [5.74, 6) is 0. The molecule has 1 aliphatic heterocycles. The fourth-order valence-electron chi connectivity index (χ4n) is 1.12. The minimum absolute atomic E-state index is 0.314. The summed E-state index contributed by atoms with van der Waals surface area (Å²) in [4.78, 5) is 2.26. The van der Waals surface area contributed by atoms with Crippen molar-refractivity contribution in [2.75, 3.05) is 20.1 Å². The average molecular weight is 117 g/mol. The van der Waals surface area contributed by atoms with E-state index in [1.54, 1.807) is 0 Å². The normalized spacial score (nSPS) is 29.6. The fourth-order valence-corrected chi connectivity index (χ4v) is 1.60. The first-order chi connectivity index (χ1) is 3.10. The van der Waals surface area contributed by atoms with Gasteiger partial charge in [-0.25, -0.2) is 0 Å². The molecule has 0 amide bonds. The van der Waals surface area contributed by atoms with E-state index in [-0.39, 0.29) is 0 Å². The summed E-state index contributed by atoms with van der Waals surface area (Å²) in [6.07, 6.45) is 0. The molecule has 0 spiro atoms. The summed E-state index contributed by atoms with van der Waals surface area (Å²) >= 11 is 4.36. The highest BCUT2D eigenvalue weighted by molar-refractivity contribution is 7.81. The Balaban J connectivity index is 2.29. The van der Waals surface area contributed by atoms with Crippen molar-refractivity contribution in [2.24, 2.45) is 0 Å². The molecule has 0 atom stereocenters. The van der Waals surface area contributed by atoms with E-state index in [9.17, 15) is 0 Å². The quantitative estimate of drug-likeness (QED) is 0.455. The van der Waals surface area contributed by atoms with Crippen LogP contribution in [0.4, 0.5) is 0 Å². The highest BCUT2D eigenvalue weighted by Gasteiger charge is 2.31. The maximum atomic E-state index is 4.36. The molecule has 0 saturated carbocycles. The SMILES string of the molecule is CN1CC(C)(S)C1. The second-order valence-corrected chi connectivity index (χ2v) is 3.75. The van der Waals surface area contributed by atoms with Crippen molar-refractivity contribution >= 4 is 12.6 Å². The van der Waals surface area contributed by atoms with E-state index in [0.717, 1.165) is 13.1 Å². The van der Waals surface area contributed by atoms with Crippen LogP contribution in [0.25, 0.3) is 0 Å². The molecule has 0 aromatic heterocycles. The first-order valence-corrected chi connectivity index (χ1v) is 2.96. The van der Waals surface area contributed by atoms with Crippen LogP contribution < -0.4 is 0 Å². The molecular formula is C5H11NS. The average Bonchev–Trinajstić information content (AvgIpc) is 1.27. The Hall–Kier alpha value is 0.310. The summed E-state index contributed by atoms with van der Waals surface area (Å²) in [5, 5.41) is 0. The van der Waals surface area contributed by atoms with Gasteiger partial charge in [-0.15, -0.1) is 0 Å². The maximum absolute atomic E-state index is 4.36. The summed E-state index contributed by atoms with van der Waals surface area (Å²) in [5.41, 5.74) is 0. The van der Waals surface area contributed by atoms with Gasteiger partial charge in [0.2, 0.25) is 0 Å². The van der Waals surface area contributed by atoms with E-state index in [4.69, 9.17) is 0 Å². The number of likely N-dealkylation sites (tertiary alicyclic amines) is 1. The molecule has 0 radical (unpaired) electrons. The van der Waals surface area contributed by atoms with Gasteiger partial charge in [-0.1, -0.05) is 0 Å². The van der Waals surface area contributed by atoms with Crippen molar-refractivity contribution in [3.05, 3.63) is 0 Å². The predicted octanol–water partition coefficient (Wildman–Crippen LogP) is 0.620. The fraction of sp³-hybridized carbons (Fsp3) is 1.00. The van der Waals surface area contributed by atoms with Gasteiger partial charge in [0, 0.05) is 17.8 Å². The van der Waals surface area contributed by atoms with Gasteiger partial charge in [0.15, 0.2) is 0 Å². The van der Waals surface area contributed by atoms with Crippen molar-refractivity contribution in [2.45, 2.75) is 11.7 Å². The monoisotopic (exact) mass is 117 g/mol. The molecule has 0 aromatic rings. The molecule has 2 heteroatoms. The smallest absolute Gasteiger partial charge is 0.0355 e. The van der Waals surface area contributed by atoms with Gasteiger partial charge in [0.1, 0.15) is 0 Å². The van der Waals surface area contributed by atoms with Gasteiger partial charge in [0.25, 0.3) is 0 Å². The number of hydrogen-bond donors (Lipinski definition) is 1. The van der Waals surface area contributed by atoms with Crippen molar-refractivity contribution < 1.29 is 0 Å². The van der Waals surface area contributed by atoms with E-state index in [2.05, 4.69) is 31.5 Å². The third-order valence-corrected chi connectivity index (χ3v) is 1.50. The number of hydrogen-bond acceptors (Lipinski definition) is 2. The minimum atomic E-state index is 0.314. The molecule has 1 rings (SSSR count). The molecule has 7 heavy (non-hydrogen) atoms. The first-order valence-electron chi connectivity index (χ1n) is 2.51. The van der Waals surface area contributed by atoms with Crippen LogP contribution in [0.15, 0.2) is 0 Å². The second-order valence-electron chi connectivity index (χ2n) is 2.67. The van der Waals surface area contributed by atoms with E-state index < -0.39 is 0 Å². The summed E-state index contributed by atoms with van der Waals surface area (Å²) in [6.45, 7) is 4.43. The second kappa shape index (κ2) is 1.39. The van der Waals surface area contributed by atoms with Crippen LogP contribution in [-0.4, -0.2) is 29.8 Å². The van der Waals surface area contributed by atoms with Gasteiger partial charge < -0.3 is 4.90 Å². The summed E-state index contributed by atoms with van der Waals surface area (Å²) in [6, 6.07) is 0. The van der Waals surface area contributed by atoms with Crippen LogP contribution in [0.2, 0.25) is 0 Å². The third kappa shape index (κ3) is 1.10. The van der Waals surface area contributed by atoms with Gasteiger partial charge in [-0.3, -0.25) is 0 Å². The Morgan fingerprint density at radius 3 is 2.00 bits per heavy atom. The Bertz CT molecular complexity index is 72.1. The molecule has 0 aliphatic carbocycles. The molecule has 0 unspecified atom stereocenters. The van der Waals surface area contributed by atoms with Gasteiger partial charge >= 0.3 is 0 Å². The van der Waals surface area contributed by atoms with E-state index in [0.29, 0.717) is 4.75 Å². The topological polar surface area (TPSA) is 3.24 Å². The minimum Gasteiger partial charge on any atom is -0.304 e. The molecule has 1 fully saturated rings. The van der Waals surface area contributed by atoms with Crippen molar-refractivity contribution in [3.8, 4) is 0 Å². The molecule has 0 N–H and O–H groups in total. The molecular weight excluding hydrogens is 106 g/mol. The van der Waals surface area contributed by atoms with Crippen molar-refractivity contribution in [3.63, 3.8) is 0 Å². The van der Waals surface area contributed by atoms with Gasteiger partial charge in [-0.05, 0) is 14.0 Å². The van der Waals surface area contributed by atoms with Crippen LogP contribution in [0, 0.1) is 0 Å². The van der Waals surface area contributed by atoms with E-state index in [1.807, 2.05) is 0 Å². The molecule has 1 nitrogen and oxygen atoms in total. The zero-order valence-corrected chi connectivity index (χ0v) is 5.70. The third-order valence-electron chi connectivity index (χ3n) is 1.22. The van der Waals surface area contributed by atoms with Gasteiger partial charge in [-0.2, -0.15) is 12.6 Å².